The number of hydrogen-bond donors (Lipinski definition) is 3. The Morgan fingerprint density at radius 3 is 2.07 bits per heavy atom. The Hall–Kier alpha value is -5.87. The van der Waals surface area contributed by atoms with Gasteiger partial charge in [0.25, 0.3) is 5.91 Å². The molecule has 3 amide bonds. The van der Waals surface area contributed by atoms with Crippen LogP contribution < -0.4 is 22.3 Å². The van der Waals surface area contributed by atoms with E-state index in [1.807, 2.05) is 12.1 Å². The molecule has 4 heterocycles. The molecule has 0 radical (unpaired) electrons. The van der Waals surface area contributed by atoms with Crippen LogP contribution in [0.15, 0.2) is 81.9 Å². The number of aromatic nitrogens is 3. The Bertz CT molecular complexity index is 2210. The van der Waals surface area contributed by atoms with Crippen molar-refractivity contribution in [3.8, 4) is 0 Å². The van der Waals surface area contributed by atoms with E-state index in [-0.39, 0.29) is 6.54 Å². The van der Waals surface area contributed by atoms with Crippen LogP contribution in [0.2, 0.25) is 0 Å². The minimum Gasteiger partial charge on any atom is -0.457 e. The van der Waals surface area contributed by atoms with E-state index in [1.54, 1.807) is 90.1 Å². The third kappa shape index (κ3) is 9.29. The van der Waals surface area contributed by atoms with Gasteiger partial charge in [-0.3, -0.25) is 14.6 Å². The van der Waals surface area contributed by atoms with Crippen LogP contribution in [-0.4, -0.2) is 106 Å². The fourth-order valence-corrected chi connectivity index (χ4v) is 8.30. The largest absolute Gasteiger partial charge is 0.457 e. The first kappa shape index (κ1) is 43.7. The number of hydrazine groups is 1. The highest BCUT2D eigenvalue weighted by atomic mass is 32.2. The van der Waals surface area contributed by atoms with E-state index in [0.717, 1.165) is 34.7 Å². The van der Waals surface area contributed by atoms with Gasteiger partial charge in [0, 0.05) is 0 Å². The van der Waals surface area contributed by atoms with Gasteiger partial charge in [0.1, 0.15) is 28.9 Å². The van der Waals surface area contributed by atoms with Crippen molar-refractivity contribution in [3.05, 3.63) is 88.6 Å². The van der Waals surface area contributed by atoms with Crippen molar-refractivity contribution in [3.63, 3.8) is 0 Å². The molecule has 4 atom stereocenters. The zero-order valence-corrected chi connectivity index (χ0v) is 35.7. The molecule has 6 rings (SSSR count). The lowest BCUT2D eigenvalue weighted by molar-refractivity contribution is -0.179. The third-order valence-electron chi connectivity index (χ3n) is 8.84. The van der Waals surface area contributed by atoms with Crippen LogP contribution >= 0.6 is 23.7 Å². The Morgan fingerprint density at radius 2 is 1.52 bits per heavy atom. The molecule has 0 bridgehead atoms. The first-order chi connectivity index (χ1) is 28.1. The quantitative estimate of drug-likeness (QED) is 0.0450. The van der Waals surface area contributed by atoms with Crippen LogP contribution in [0.1, 0.15) is 72.6 Å². The second-order valence-corrected chi connectivity index (χ2v) is 18.5. The summed E-state index contributed by atoms with van der Waals surface area (Å²) in [6.07, 6.45) is -2.11. The molecular formula is C38H46N10O10S2. The van der Waals surface area contributed by atoms with Crippen LogP contribution in [0.5, 0.6) is 0 Å². The fraction of sp³-hybridized carbons (Fsp3) is 0.447. The zero-order valence-electron chi connectivity index (χ0n) is 34.1. The van der Waals surface area contributed by atoms with E-state index in [0.29, 0.717) is 15.8 Å². The van der Waals surface area contributed by atoms with E-state index >= 15 is 0 Å². The van der Waals surface area contributed by atoms with Gasteiger partial charge >= 0.3 is 23.7 Å². The number of esters is 2. The van der Waals surface area contributed by atoms with E-state index < -0.39 is 86.6 Å². The van der Waals surface area contributed by atoms with Crippen LogP contribution in [0, 0.1) is 0 Å². The van der Waals surface area contributed by atoms with Crippen LogP contribution in [0.25, 0.3) is 0 Å². The highest BCUT2D eigenvalue weighted by molar-refractivity contribution is 8.10. The summed E-state index contributed by atoms with van der Waals surface area (Å²) in [6, 6.07) is 16.7. The van der Waals surface area contributed by atoms with Crippen molar-refractivity contribution in [1.29, 1.82) is 0 Å². The molecule has 3 aliphatic heterocycles. The number of fused-ring (bicyclic) bond motifs is 1. The number of nitrogens with one attached hydrogen (secondary N) is 2. The number of oxime groups is 1. The Morgan fingerprint density at radius 1 is 0.917 bits per heavy atom. The van der Waals surface area contributed by atoms with Crippen LogP contribution in [-0.2, 0) is 43.1 Å². The Labute approximate surface area is 353 Å². The molecule has 22 heteroatoms. The number of hydrogen-bond acceptors (Lipinski definition) is 17. The van der Waals surface area contributed by atoms with Crippen molar-refractivity contribution in [2.24, 2.45) is 10.1 Å². The smallest absolute Gasteiger partial charge is 0.423 e. The molecule has 3 aliphatic rings. The molecule has 0 spiro atoms. The number of amides is 3. The zero-order chi connectivity index (χ0) is 43.8. The van der Waals surface area contributed by atoms with Crippen molar-refractivity contribution in [2.45, 2.75) is 101 Å². The number of carbonyl (C=O) groups is 5. The molecule has 0 aliphatic carbocycles. The summed E-state index contributed by atoms with van der Waals surface area (Å²) in [5.74, 6) is 2.56. The average Bonchev–Trinajstić information content (AvgIpc) is 3.88. The van der Waals surface area contributed by atoms with Crippen LogP contribution in [0.4, 0.5) is 4.79 Å². The Kier molecular flexibility index (Phi) is 12.1. The molecule has 2 saturated heterocycles. The van der Waals surface area contributed by atoms with E-state index in [2.05, 4.69) is 26.0 Å². The molecular weight excluding hydrogens is 821 g/mol. The number of thioether (sulfide) groups is 1. The van der Waals surface area contributed by atoms with E-state index in [1.165, 1.54) is 28.7 Å². The van der Waals surface area contributed by atoms with E-state index in [9.17, 15) is 28.8 Å². The molecule has 3 aromatic rings. The third-order valence-corrected chi connectivity index (χ3v) is 11.2. The van der Waals surface area contributed by atoms with Gasteiger partial charge in [0.2, 0.25) is 16.4 Å². The molecule has 4 N–H and O–H groups in total. The van der Waals surface area contributed by atoms with Gasteiger partial charge < -0.3 is 35.1 Å². The van der Waals surface area contributed by atoms with Gasteiger partial charge in [-0.15, -0.1) is 4.41 Å². The topological polar surface area (TPSA) is 243 Å². The average molecular weight is 867 g/mol. The van der Waals surface area contributed by atoms with Crippen molar-refractivity contribution in [2.75, 3.05) is 12.4 Å². The molecule has 60 heavy (non-hydrogen) atoms. The maximum Gasteiger partial charge on any atom is 0.423 e. The summed E-state index contributed by atoms with van der Waals surface area (Å²) in [4.78, 5) is 91.2. The van der Waals surface area contributed by atoms with Gasteiger partial charge in [-0.05, 0) is 78.5 Å². The summed E-state index contributed by atoms with van der Waals surface area (Å²) in [5.41, 5.74) is 0.316. The number of ether oxygens (including phenoxy) is 3. The molecule has 2 fully saturated rings. The summed E-state index contributed by atoms with van der Waals surface area (Å²) in [6.45, 7) is 12.4. The molecule has 1 aromatic heterocycles. The summed E-state index contributed by atoms with van der Waals surface area (Å²) >= 11 is 1.76. The number of nitrogens with two attached hydrogens (primary N) is 1. The lowest BCUT2D eigenvalue weighted by Crippen LogP contribution is -2.68. The molecule has 0 saturated carbocycles. The van der Waals surface area contributed by atoms with E-state index in [4.69, 9.17) is 24.9 Å². The maximum absolute atomic E-state index is 14.6. The lowest BCUT2D eigenvalue weighted by Gasteiger charge is -2.41. The van der Waals surface area contributed by atoms with Gasteiger partial charge in [-0.1, -0.05) is 77.6 Å². The normalized spacial score (nSPS) is 21.9. The monoisotopic (exact) mass is 866 g/mol. The van der Waals surface area contributed by atoms with Crippen molar-refractivity contribution < 1.29 is 43.0 Å². The number of carbonyl (C=O) groups excluding carboxylic acids is 5. The number of rotatable bonds is 12. The fourth-order valence-electron chi connectivity index (χ4n) is 6.02. The van der Waals surface area contributed by atoms with Gasteiger partial charge in [-0.2, -0.15) is 14.5 Å². The maximum atomic E-state index is 14.6. The minimum absolute atomic E-state index is 0.370. The highest BCUT2D eigenvalue weighted by Crippen LogP contribution is 2.50. The molecule has 2 aromatic carbocycles. The standard InChI is InChI=1S/C38H46N10O10S2/c1-35(2,3)56-31(51)37(7,8)58-44-24(27-40-21-59-48(27)43-33(53)57-36(4,5)6)28(49)42-25-29(50)45-19-38(60-30(25)45,47-34(54)46(39)20-41-47)32(52)55-26(22-15-11-9-12-16-22)23-17-13-10-14-18-23/h9-18,20-21,25-27,30H,19,39H2,1-8H3,(H,42,49)(H,43,53)/b44-24-/t25-,27?,30-,38-/m1/s1. The SMILES string of the molecule is CC(C)(C)OC(=O)NN1SC=NC1/C(=N/OC(C)(C)C(=O)OC(C)(C)C)C(=O)N[C@@H]1C(=O)N2C[C@@](C(=O)OC(c3ccccc3)c3ccccc3)(n3ncn(N)c3=O)S[C@H]12. The predicted molar refractivity (Wildman–Crippen MR) is 220 cm³/mol. The first-order valence-corrected chi connectivity index (χ1v) is 20.3. The summed E-state index contributed by atoms with van der Waals surface area (Å²) < 4.78 is 19.8. The second-order valence-electron chi connectivity index (χ2n) is 16.3. The summed E-state index contributed by atoms with van der Waals surface area (Å²) in [5, 5.41) is 9.89. The number of β-lactam (4-membered cyclic amide) rings is 1. The second kappa shape index (κ2) is 16.6. The Balaban J connectivity index is 1.30. The van der Waals surface area contributed by atoms with Crippen molar-refractivity contribution in [1.82, 2.24) is 34.5 Å². The van der Waals surface area contributed by atoms with Gasteiger partial charge in [0.15, 0.2) is 18.0 Å². The number of nitrogen functional groups attached to an aromatic ring is 1. The van der Waals surface area contributed by atoms with Gasteiger partial charge in [-0.25, -0.2) is 24.6 Å². The van der Waals surface area contributed by atoms with Gasteiger partial charge in [0.05, 0.1) is 12.1 Å². The van der Waals surface area contributed by atoms with Crippen LogP contribution in [0.3, 0.4) is 0 Å². The molecule has 1 unspecified atom stereocenters. The predicted octanol–water partition coefficient (Wildman–Crippen LogP) is 2.39. The molecule has 320 valence electrons. The number of nitrogens with zero attached hydrogens (tertiary/aromatic N) is 7. The minimum atomic E-state index is -1.96. The number of benzene rings is 2. The van der Waals surface area contributed by atoms with Crippen molar-refractivity contribution >= 4 is 64.8 Å². The number of aliphatic imine (C=N–C) groups is 1. The molecule has 20 nitrogen and oxygen atoms in total. The first-order valence-electron chi connectivity index (χ1n) is 18.6. The lowest BCUT2D eigenvalue weighted by atomic mass is 10.0. The highest BCUT2D eigenvalue weighted by Gasteiger charge is 2.65. The summed E-state index contributed by atoms with van der Waals surface area (Å²) in [7, 11) is 0.